The molecule has 0 atom stereocenters. The maximum atomic E-state index is 12.5. The molecule has 0 unspecified atom stereocenters. The van der Waals surface area contributed by atoms with Crippen molar-refractivity contribution in [3.63, 3.8) is 0 Å². The molecular formula is C9H9F2N5O. The monoisotopic (exact) mass is 241 g/mol. The van der Waals surface area contributed by atoms with Crippen molar-refractivity contribution in [2.75, 3.05) is 5.32 Å². The normalized spacial score (nSPS) is 10.8. The number of aromatic nitrogens is 4. The number of alkyl halides is 2. The third-order valence-electron chi connectivity index (χ3n) is 2.04. The zero-order valence-electron chi connectivity index (χ0n) is 8.84. The fourth-order valence-corrected chi connectivity index (χ4v) is 1.31. The number of halogens is 2. The lowest BCUT2D eigenvalue weighted by atomic mass is 10.4. The van der Waals surface area contributed by atoms with E-state index in [4.69, 9.17) is 0 Å². The van der Waals surface area contributed by atoms with Gasteiger partial charge >= 0.3 is 6.55 Å². The molecule has 2 heterocycles. The zero-order chi connectivity index (χ0) is 12.4. The average Bonchev–Trinajstić information content (AvgIpc) is 2.86. The molecule has 8 heteroatoms. The summed E-state index contributed by atoms with van der Waals surface area (Å²) in [5, 5.41) is 9.66. The van der Waals surface area contributed by atoms with Crippen LogP contribution in [-0.4, -0.2) is 25.5 Å². The highest BCUT2D eigenvalue weighted by Crippen LogP contribution is 2.13. The molecule has 1 amide bonds. The molecule has 0 saturated heterocycles. The van der Waals surface area contributed by atoms with Crippen molar-refractivity contribution in [3.05, 3.63) is 30.2 Å². The number of hydrogen-bond donors (Lipinski definition) is 1. The van der Waals surface area contributed by atoms with E-state index < -0.39 is 12.5 Å². The predicted octanol–water partition coefficient (Wildman–Crippen LogP) is 1.26. The van der Waals surface area contributed by atoms with Crippen LogP contribution in [0.25, 0.3) is 0 Å². The molecule has 17 heavy (non-hydrogen) atoms. The second-order valence-electron chi connectivity index (χ2n) is 3.27. The lowest BCUT2D eigenvalue weighted by Crippen LogP contribution is -2.18. The third-order valence-corrected chi connectivity index (χ3v) is 2.04. The van der Waals surface area contributed by atoms with Gasteiger partial charge in [-0.25, -0.2) is 0 Å². The van der Waals surface area contributed by atoms with E-state index in [9.17, 15) is 13.6 Å². The fourth-order valence-electron chi connectivity index (χ4n) is 1.31. The maximum absolute atomic E-state index is 12.5. The summed E-state index contributed by atoms with van der Waals surface area (Å²) in [6.45, 7) is -2.85. The highest BCUT2D eigenvalue weighted by Gasteiger charge is 2.18. The van der Waals surface area contributed by atoms with Crippen LogP contribution < -0.4 is 5.32 Å². The summed E-state index contributed by atoms with van der Waals surface area (Å²) >= 11 is 0. The van der Waals surface area contributed by atoms with Crippen LogP contribution in [0, 0.1) is 0 Å². The molecule has 90 valence electrons. The molecule has 6 nitrogen and oxygen atoms in total. The molecule has 2 rings (SSSR count). The summed E-state index contributed by atoms with van der Waals surface area (Å²) < 4.78 is 26.8. The van der Waals surface area contributed by atoms with E-state index in [2.05, 4.69) is 15.5 Å². The van der Waals surface area contributed by atoms with Gasteiger partial charge in [-0.2, -0.15) is 23.7 Å². The minimum Gasteiger partial charge on any atom is -0.304 e. The first-order chi connectivity index (χ1) is 8.08. The van der Waals surface area contributed by atoms with Crippen molar-refractivity contribution >= 4 is 11.7 Å². The fraction of sp³-hybridized carbons (Fsp3) is 0.222. The second kappa shape index (κ2) is 4.32. The third kappa shape index (κ3) is 2.30. The van der Waals surface area contributed by atoms with Gasteiger partial charge in [0, 0.05) is 25.5 Å². The van der Waals surface area contributed by atoms with E-state index in [-0.39, 0.29) is 5.69 Å². The highest BCUT2D eigenvalue weighted by atomic mass is 19.3. The van der Waals surface area contributed by atoms with Crippen LogP contribution in [0.15, 0.2) is 24.5 Å². The first-order valence-electron chi connectivity index (χ1n) is 4.70. The highest BCUT2D eigenvalue weighted by molar-refractivity contribution is 6.02. The van der Waals surface area contributed by atoms with E-state index in [0.717, 1.165) is 6.20 Å². The van der Waals surface area contributed by atoms with E-state index in [0.29, 0.717) is 10.5 Å². The quantitative estimate of drug-likeness (QED) is 0.879. The van der Waals surface area contributed by atoms with Gasteiger partial charge < -0.3 is 5.32 Å². The van der Waals surface area contributed by atoms with Crippen LogP contribution in [0.5, 0.6) is 0 Å². The van der Waals surface area contributed by atoms with Gasteiger partial charge in [-0.3, -0.25) is 9.48 Å². The molecule has 0 aromatic carbocycles. The van der Waals surface area contributed by atoms with Gasteiger partial charge in [0.05, 0.1) is 0 Å². The molecule has 0 aliphatic carbocycles. The van der Waals surface area contributed by atoms with E-state index in [1.54, 1.807) is 19.3 Å². The lowest BCUT2D eigenvalue weighted by Gasteiger charge is -2.05. The van der Waals surface area contributed by atoms with Gasteiger partial charge in [0.25, 0.3) is 5.91 Å². The lowest BCUT2D eigenvalue weighted by molar-refractivity contribution is 0.0520. The van der Waals surface area contributed by atoms with Crippen molar-refractivity contribution in [2.45, 2.75) is 6.55 Å². The standard InChI is InChI=1S/C9H9F2N5O/c1-15-5-3-7(14-15)13-8(17)6-2-4-12-16(6)9(10)11/h2-5,9H,1H3,(H,13,14,17). The average molecular weight is 241 g/mol. The molecule has 0 spiro atoms. The van der Waals surface area contributed by atoms with Gasteiger partial charge in [-0.15, -0.1) is 0 Å². The summed E-state index contributed by atoms with van der Waals surface area (Å²) in [6, 6.07) is 2.77. The molecule has 0 saturated carbocycles. The largest absolute Gasteiger partial charge is 0.333 e. The first-order valence-corrected chi connectivity index (χ1v) is 4.70. The number of nitrogens with one attached hydrogen (secondary N) is 1. The van der Waals surface area contributed by atoms with E-state index in [1.807, 2.05) is 0 Å². The molecule has 0 fully saturated rings. The van der Waals surface area contributed by atoms with Crippen molar-refractivity contribution in [2.24, 2.45) is 7.05 Å². The number of amides is 1. The van der Waals surface area contributed by atoms with Crippen molar-refractivity contribution in [1.29, 1.82) is 0 Å². The topological polar surface area (TPSA) is 64.7 Å². The van der Waals surface area contributed by atoms with Gasteiger partial charge in [0.1, 0.15) is 5.69 Å². The van der Waals surface area contributed by atoms with Crippen molar-refractivity contribution in [3.8, 4) is 0 Å². The summed E-state index contributed by atoms with van der Waals surface area (Å²) in [4.78, 5) is 11.7. The van der Waals surface area contributed by atoms with E-state index >= 15 is 0 Å². The molecule has 2 aromatic heterocycles. The Morgan fingerprint density at radius 2 is 2.24 bits per heavy atom. The predicted molar refractivity (Wildman–Crippen MR) is 54.6 cm³/mol. The number of aryl methyl sites for hydroxylation is 1. The Balaban J connectivity index is 2.17. The Morgan fingerprint density at radius 1 is 1.47 bits per heavy atom. The number of hydrogen-bond acceptors (Lipinski definition) is 3. The van der Waals surface area contributed by atoms with Crippen LogP contribution in [0.3, 0.4) is 0 Å². The van der Waals surface area contributed by atoms with E-state index in [1.165, 1.54) is 10.7 Å². The number of carbonyl (C=O) groups excluding carboxylic acids is 1. The molecule has 0 aliphatic heterocycles. The van der Waals surface area contributed by atoms with Gasteiger partial charge in [0.2, 0.25) is 0 Å². The smallest absolute Gasteiger partial charge is 0.304 e. The number of anilines is 1. The summed E-state index contributed by atoms with van der Waals surface area (Å²) in [6.07, 6.45) is 2.76. The second-order valence-corrected chi connectivity index (χ2v) is 3.27. The molecule has 1 N–H and O–H groups in total. The minimum absolute atomic E-state index is 0.217. The Morgan fingerprint density at radius 3 is 2.82 bits per heavy atom. The maximum Gasteiger partial charge on any atom is 0.333 e. The Hall–Kier alpha value is -2.25. The molecule has 0 aliphatic rings. The number of rotatable bonds is 3. The van der Waals surface area contributed by atoms with Gasteiger partial charge in [-0.1, -0.05) is 0 Å². The number of nitrogens with zero attached hydrogens (tertiary/aromatic N) is 4. The molecule has 2 aromatic rings. The van der Waals surface area contributed by atoms with Gasteiger partial charge in [-0.05, 0) is 6.07 Å². The summed E-state index contributed by atoms with van der Waals surface area (Å²) in [7, 11) is 1.68. The first kappa shape index (κ1) is 11.2. The Kier molecular flexibility index (Phi) is 2.86. The SMILES string of the molecule is Cn1ccc(NC(=O)c2ccnn2C(F)F)n1. The van der Waals surface area contributed by atoms with Crippen molar-refractivity contribution in [1.82, 2.24) is 19.6 Å². The van der Waals surface area contributed by atoms with Crippen LogP contribution in [0.2, 0.25) is 0 Å². The minimum atomic E-state index is -2.85. The zero-order valence-corrected chi connectivity index (χ0v) is 8.84. The summed E-state index contributed by atoms with van der Waals surface area (Å²) in [5.41, 5.74) is -0.217. The Bertz CT molecular complexity index is 533. The van der Waals surface area contributed by atoms with Crippen LogP contribution in [0.1, 0.15) is 17.0 Å². The summed E-state index contributed by atoms with van der Waals surface area (Å²) in [5.74, 6) is -0.388. The molecule has 0 radical (unpaired) electrons. The molecule has 0 bridgehead atoms. The van der Waals surface area contributed by atoms with Crippen molar-refractivity contribution < 1.29 is 13.6 Å². The number of carbonyl (C=O) groups is 1. The van der Waals surface area contributed by atoms with Gasteiger partial charge in [0.15, 0.2) is 5.82 Å². The Labute approximate surface area is 94.8 Å². The van der Waals surface area contributed by atoms with Crippen LogP contribution in [0.4, 0.5) is 14.6 Å². The van der Waals surface area contributed by atoms with Crippen LogP contribution >= 0.6 is 0 Å². The van der Waals surface area contributed by atoms with Crippen LogP contribution in [-0.2, 0) is 7.05 Å². The molecular weight excluding hydrogens is 232 g/mol.